The van der Waals surface area contributed by atoms with E-state index in [1.807, 2.05) is 24.5 Å². The highest BCUT2D eigenvalue weighted by atomic mass is 35.5. The molecule has 29 heavy (non-hydrogen) atoms. The van der Waals surface area contributed by atoms with Crippen molar-refractivity contribution in [1.29, 1.82) is 0 Å². The maximum Gasteiger partial charge on any atom is 0.321 e. The highest BCUT2D eigenvalue weighted by Crippen LogP contribution is 2.22. The summed E-state index contributed by atoms with van der Waals surface area (Å²) in [5.41, 5.74) is 1.79. The number of anilines is 1. The van der Waals surface area contributed by atoms with E-state index in [4.69, 9.17) is 11.6 Å². The van der Waals surface area contributed by atoms with E-state index < -0.39 is 0 Å². The Bertz CT molecular complexity index is 836. The zero-order valence-electron chi connectivity index (χ0n) is 16.5. The van der Waals surface area contributed by atoms with Crippen molar-refractivity contribution in [3.05, 3.63) is 59.1 Å². The summed E-state index contributed by atoms with van der Waals surface area (Å²) in [5.74, 6) is 0.379. The number of carbonyl (C=O) groups is 2. The Hall–Kier alpha value is -2.18. The molecular weight excluding hydrogens is 406 g/mol. The molecule has 0 unspecified atom stereocenters. The predicted octanol–water partition coefficient (Wildman–Crippen LogP) is 5.01. The van der Waals surface area contributed by atoms with Crippen molar-refractivity contribution >= 4 is 41.0 Å². The van der Waals surface area contributed by atoms with Gasteiger partial charge in [-0.15, -0.1) is 11.8 Å². The van der Waals surface area contributed by atoms with Gasteiger partial charge in [-0.05, 0) is 60.9 Å². The maximum atomic E-state index is 12.4. The lowest BCUT2D eigenvalue weighted by Crippen LogP contribution is -2.41. The van der Waals surface area contributed by atoms with Crippen molar-refractivity contribution in [2.24, 2.45) is 5.92 Å². The monoisotopic (exact) mass is 431 g/mol. The van der Waals surface area contributed by atoms with Gasteiger partial charge in [0.25, 0.3) is 0 Å². The Balaban J connectivity index is 1.38. The second-order valence-corrected chi connectivity index (χ2v) is 8.52. The number of carbonyl (C=O) groups excluding carboxylic acids is 2. The van der Waals surface area contributed by atoms with Crippen LogP contribution in [0.15, 0.2) is 53.4 Å². The molecule has 1 aliphatic rings. The van der Waals surface area contributed by atoms with Crippen LogP contribution in [0, 0.1) is 5.92 Å². The molecule has 7 heteroatoms. The smallest absolute Gasteiger partial charge is 0.321 e. The van der Waals surface area contributed by atoms with Gasteiger partial charge in [0.15, 0.2) is 0 Å². The quantitative estimate of drug-likeness (QED) is 0.632. The predicted molar refractivity (Wildman–Crippen MR) is 119 cm³/mol. The van der Waals surface area contributed by atoms with Gasteiger partial charge in [0.05, 0.1) is 0 Å². The molecule has 2 aromatic rings. The number of likely N-dealkylation sites (tertiary alicyclic amines) is 1. The van der Waals surface area contributed by atoms with Crippen LogP contribution in [-0.4, -0.2) is 36.2 Å². The molecule has 0 aromatic heterocycles. The third-order valence-electron chi connectivity index (χ3n) is 5.10. The maximum absolute atomic E-state index is 12.4. The lowest BCUT2D eigenvalue weighted by molar-refractivity contribution is -0.122. The van der Waals surface area contributed by atoms with Crippen LogP contribution in [0.1, 0.15) is 24.8 Å². The number of amides is 3. The molecular formula is C22H26ClN3O2S. The van der Waals surface area contributed by atoms with Crippen molar-refractivity contribution in [2.75, 3.05) is 24.7 Å². The number of thioether (sulfide) groups is 1. The van der Waals surface area contributed by atoms with Gasteiger partial charge in [0, 0.05) is 41.7 Å². The van der Waals surface area contributed by atoms with Crippen molar-refractivity contribution in [1.82, 2.24) is 10.2 Å². The van der Waals surface area contributed by atoms with Gasteiger partial charge < -0.3 is 15.5 Å². The van der Waals surface area contributed by atoms with Gasteiger partial charge >= 0.3 is 6.03 Å². The molecule has 3 rings (SSSR count). The van der Waals surface area contributed by atoms with E-state index >= 15 is 0 Å². The number of piperidine rings is 1. The number of rotatable bonds is 6. The first-order valence-electron chi connectivity index (χ1n) is 9.74. The van der Waals surface area contributed by atoms with Crippen LogP contribution < -0.4 is 10.6 Å². The fraction of sp³-hybridized carbons (Fsp3) is 0.364. The fourth-order valence-electron chi connectivity index (χ4n) is 3.39. The van der Waals surface area contributed by atoms with Crippen LogP contribution in [0.5, 0.6) is 0 Å². The normalized spacial score (nSPS) is 14.5. The third-order valence-corrected chi connectivity index (χ3v) is 6.08. The third kappa shape index (κ3) is 6.68. The average molecular weight is 432 g/mol. The Labute approximate surface area is 181 Å². The van der Waals surface area contributed by atoms with Crippen LogP contribution in [0.3, 0.4) is 0 Å². The van der Waals surface area contributed by atoms with Gasteiger partial charge in [-0.1, -0.05) is 29.8 Å². The number of nitrogens with one attached hydrogen (secondary N) is 2. The zero-order valence-corrected chi connectivity index (χ0v) is 18.1. The summed E-state index contributed by atoms with van der Waals surface area (Å²) in [6, 6.07) is 15.2. The van der Waals surface area contributed by atoms with E-state index in [-0.39, 0.29) is 11.9 Å². The fourth-order valence-corrected chi connectivity index (χ4v) is 3.99. The number of hydrogen-bond acceptors (Lipinski definition) is 3. The van der Waals surface area contributed by atoms with E-state index in [0.717, 1.165) is 18.4 Å². The SMILES string of the molecule is CSc1ccc(CNC(=O)CC2CCN(C(=O)Nc3cccc(Cl)c3)CC2)cc1. The number of urea groups is 1. The summed E-state index contributed by atoms with van der Waals surface area (Å²) >= 11 is 7.66. The summed E-state index contributed by atoms with van der Waals surface area (Å²) in [6.07, 6.45) is 4.22. The first kappa shape index (κ1) is 21.5. The Morgan fingerprint density at radius 2 is 1.86 bits per heavy atom. The van der Waals surface area contributed by atoms with Crippen LogP contribution in [0.2, 0.25) is 5.02 Å². The summed E-state index contributed by atoms with van der Waals surface area (Å²) in [5, 5.41) is 6.47. The average Bonchev–Trinajstić information content (AvgIpc) is 2.73. The molecule has 1 saturated heterocycles. The van der Waals surface area contributed by atoms with Gasteiger partial charge in [-0.2, -0.15) is 0 Å². The van der Waals surface area contributed by atoms with E-state index in [9.17, 15) is 9.59 Å². The number of nitrogens with zero attached hydrogens (tertiary/aromatic N) is 1. The van der Waals surface area contributed by atoms with Crippen molar-refractivity contribution in [3.8, 4) is 0 Å². The van der Waals surface area contributed by atoms with Crippen LogP contribution in [0.25, 0.3) is 0 Å². The topological polar surface area (TPSA) is 61.4 Å². The molecule has 0 spiro atoms. The van der Waals surface area contributed by atoms with Crippen molar-refractivity contribution in [2.45, 2.75) is 30.7 Å². The second-order valence-electron chi connectivity index (χ2n) is 7.20. The molecule has 1 heterocycles. The highest BCUT2D eigenvalue weighted by Gasteiger charge is 2.24. The van der Waals surface area contributed by atoms with Crippen molar-refractivity contribution < 1.29 is 9.59 Å². The summed E-state index contributed by atoms with van der Waals surface area (Å²) in [4.78, 5) is 27.7. The lowest BCUT2D eigenvalue weighted by atomic mass is 9.93. The first-order chi connectivity index (χ1) is 14.0. The summed E-state index contributed by atoms with van der Waals surface area (Å²) in [7, 11) is 0. The van der Waals surface area contributed by atoms with Gasteiger partial charge in [-0.3, -0.25) is 4.79 Å². The molecule has 1 aliphatic heterocycles. The second kappa shape index (κ2) is 10.6. The van der Waals surface area contributed by atoms with E-state index in [1.165, 1.54) is 4.90 Å². The largest absolute Gasteiger partial charge is 0.352 e. The minimum atomic E-state index is -0.121. The molecule has 0 aliphatic carbocycles. The standard InChI is InChI=1S/C22H26ClN3O2S/c1-29-20-7-5-17(6-8-20)15-24-21(27)13-16-9-11-26(12-10-16)22(28)25-19-4-2-3-18(23)14-19/h2-8,14,16H,9-13,15H2,1H3,(H,24,27)(H,25,28). The lowest BCUT2D eigenvalue weighted by Gasteiger charge is -2.31. The molecule has 0 atom stereocenters. The summed E-state index contributed by atoms with van der Waals surface area (Å²) in [6.45, 7) is 1.86. The van der Waals surface area contributed by atoms with Crippen LogP contribution >= 0.6 is 23.4 Å². The molecule has 2 aromatic carbocycles. The van der Waals surface area contributed by atoms with E-state index in [2.05, 4.69) is 22.8 Å². The Morgan fingerprint density at radius 1 is 1.14 bits per heavy atom. The van der Waals surface area contributed by atoms with Crippen molar-refractivity contribution in [3.63, 3.8) is 0 Å². The van der Waals surface area contributed by atoms with E-state index in [1.54, 1.807) is 34.9 Å². The van der Waals surface area contributed by atoms with Crippen LogP contribution in [-0.2, 0) is 11.3 Å². The number of hydrogen-bond donors (Lipinski definition) is 2. The molecule has 0 radical (unpaired) electrons. The highest BCUT2D eigenvalue weighted by molar-refractivity contribution is 7.98. The molecule has 2 N–H and O–H groups in total. The van der Waals surface area contributed by atoms with Crippen LogP contribution in [0.4, 0.5) is 10.5 Å². The molecule has 0 saturated carbocycles. The molecule has 154 valence electrons. The minimum absolute atomic E-state index is 0.0702. The summed E-state index contributed by atoms with van der Waals surface area (Å²) < 4.78 is 0. The Morgan fingerprint density at radius 3 is 2.52 bits per heavy atom. The van der Waals surface area contributed by atoms with Gasteiger partial charge in [0.2, 0.25) is 5.91 Å². The molecule has 0 bridgehead atoms. The molecule has 1 fully saturated rings. The molecule has 5 nitrogen and oxygen atoms in total. The van der Waals surface area contributed by atoms with Gasteiger partial charge in [-0.25, -0.2) is 4.79 Å². The Kier molecular flexibility index (Phi) is 7.83. The first-order valence-corrected chi connectivity index (χ1v) is 11.3. The van der Waals surface area contributed by atoms with Gasteiger partial charge in [0.1, 0.15) is 0 Å². The zero-order chi connectivity index (χ0) is 20.6. The number of benzene rings is 2. The molecule has 3 amide bonds. The number of halogens is 1. The minimum Gasteiger partial charge on any atom is -0.352 e. The van der Waals surface area contributed by atoms with E-state index in [0.29, 0.717) is 42.7 Å².